The molecule has 3 nitrogen and oxygen atoms in total. The van der Waals surface area contributed by atoms with Gasteiger partial charge in [0, 0.05) is 6.42 Å². The minimum Gasteiger partial charge on any atom is -0.465 e. The number of aliphatic hydroxyl groups is 1. The van der Waals surface area contributed by atoms with Gasteiger partial charge in [0.1, 0.15) is 0 Å². The van der Waals surface area contributed by atoms with E-state index in [1.165, 1.54) is 7.11 Å². The lowest BCUT2D eigenvalue weighted by atomic mass is 9.88. The number of hydrogen-bond donors (Lipinski definition) is 1. The summed E-state index contributed by atoms with van der Waals surface area (Å²) in [5, 5.41) is 10.6. The Hall–Kier alpha value is -2.13. The zero-order valence-corrected chi connectivity index (χ0v) is 11.7. The minimum absolute atomic E-state index is 0.376. The Morgan fingerprint density at radius 2 is 1.70 bits per heavy atom. The van der Waals surface area contributed by atoms with Gasteiger partial charge in [-0.25, -0.2) is 4.79 Å². The number of hydrogen-bond acceptors (Lipinski definition) is 3. The van der Waals surface area contributed by atoms with Crippen LogP contribution < -0.4 is 0 Å². The van der Waals surface area contributed by atoms with Gasteiger partial charge in [-0.2, -0.15) is 0 Å². The van der Waals surface area contributed by atoms with Gasteiger partial charge in [-0.05, 0) is 30.2 Å². The van der Waals surface area contributed by atoms with Crippen LogP contribution in [-0.2, 0) is 16.8 Å². The van der Waals surface area contributed by atoms with E-state index in [4.69, 9.17) is 0 Å². The molecule has 1 unspecified atom stereocenters. The summed E-state index contributed by atoms with van der Waals surface area (Å²) in [5.41, 5.74) is 1.34. The van der Waals surface area contributed by atoms with Gasteiger partial charge >= 0.3 is 5.97 Å². The minimum atomic E-state index is -0.976. The van der Waals surface area contributed by atoms with Crippen molar-refractivity contribution in [1.29, 1.82) is 0 Å². The number of rotatable bonds is 4. The average molecular weight is 270 g/mol. The highest BCUT2D eigenvalue weighted by Crippen LogP contribution is 2.25. The van der Waals surface area contributed by atoms with E-state index >= 15 is 0 Å². The Morgan fingerprint density at radius 1 is 1.10 bits per heavy atom. The van der Waals surface area contributed by atoms with E-state index in [2.05, 4.69) is 4.74 Å². The second kappa shape index (κ2) is 5.88. The lowest BCUT2D eigenvalue weighted by molar-refractivity contribution is 0.0565. The van der Waals surface area contributed by atoms with Crippen LogP contribution in [-0.4, -0.2) is 18.2 Å². The molecule has 0 spiro atoms. The maximum Gasteiger partial charge on any atom is 0.337 e. The van der Waals surface area contributed by atoms with Gasteiger partial charge in [-0.1, -0.05) is 42.5 Å². The van der Waals surface area contributed by atoms with Crippen molar-refractivity contribution in [2.45, 2.75) is 18.9 Å². The SMILES string of the molecule is COC(=O)c1ccc(C(C)(O)Cc2ccccc2)cc1. The molecule has 0 saturated carbocycles. The average Bonchev–Trinajstić information content (AvgIpc) is 2.47. The van der Waals surface area contributed by atoms with Crippen LogP contribution in [0.15, 0.2) is 54.6 Å². The lowest BCUT2D eigenvalue weighted by Gasteiger charge is -2.24. The highest BCUT2D eigenvalue weighted by molar-refractivity contribution is 5.89. The van der Waals surface area contributed by atoms with Gasteiger partial charge in [0.05, 0.1) is 18.3 Å². The van der Waals surface area contributed by atoms with Gasteiger partial charge in [-0.15, -0.1) is 0 Å². The second-order valence-corrected chi connectivity index (χ2v) is 5.01. The van der Waals surface area contributed by atoms with Crippen molar-refractivity contribution in [3.8, 4) is 0 Å². The molecule has 20 heavy (non-hydrogen) atoms. The number of methoxy groups -OCH3 is 1. The monoisotopic (exact) mass is 270 g/mol. The largest absolute Gasteiger partial charge is 0.465 e. The molecule has 0 aliphatic carbocycles. The lowest BCUT2D eigenvalue weighted by Crippen LogP contribution is -2.24. The molecule has 0 bridgehead atoms. The second-order valence-electron chi connectivity index (χ2n) is 5.01. The molecular formula is C17H18O3. The molecule has 1 N–H and O–H groups in total. The van der Waals surface area contributed by atoms with Crippen LogP contribution in [0, 0.1) is 0 Å². The molecule has 0 aromatic heterocycles. The molecule has 0 amide bonds. The Labute approximate surface area is 118 Å². The van der Waals surface area contributed by atoms with E-state index in [0.717, 1.165) is 11.1 Å². The van der Waals surface area contributed by atoms with Gasteiger partial charge in [0.2, 0.25) is 0 Å². The molecule has 2 aromatic carbocycles. The van der Waals surface area contributed by atoms with Crippen molar-refractivity contribution in [3.63, 3.8) is 0 Å². The third kappa shape index (κ3) is 3.25. The summed E-state index contributed by atoms with van der Waals surface area (Å²) in [5.74, 6) is -0.376. The molecule has 1 atom stereocenters. The van der Waals surface area contributed by atoms with Crippen molar-refractivity contribution >= 4 is 5.97 Å². The Morgan fingerprint density at radius 3 is 2.25 bits per heavy atom. The molecule has 0 aliphatic heterocycles. The van der Waals surface area contributed by atoms with Crippen molar-refractivity contribution < 1.29 is 14.6 Å². The number of ether oxygens (including phenoxy) is 1. The molecule has 3 heteroatoms. The number of benzene rings is 2. The fraction of sp³-hybridized carbons (Fsp3) is 0.235. The predicted octanol–water partition coefficient (Wildman–Crippen LogP) is 2.92. The Bertz CT molecular complexity index is 571. The highest BCUT2D eigenvalue weighted by atomic mass is 16.5. The van der Waals surface area contributed by atoms with E-state index in [-0.39, 0.29) is 5.97 Å². The first-order chi connectivity index (χ1) is 9.53. The van der Waals surface area contributed by atoms with Gasteiger partial charge in [-0.3, -0.25) is 0 Å². The smallest absolute Gasteiger partial charge is 0.337 e. The topological polar surface area (TPSA) is 46.5 Å². The maximum absolute atomic E-state index is 11.4. The van der Waals surface area contributed by atoms with Crippen LogP contribution in [0.3, 0.4) is 0 Å². The highest BCUT2D eigenvalue weighted by Gasteiger charge is 2.23. The zero-order chi connectivity index (χ0) is 14.6. The molecule has 0 radical (unpaired) electrons. The van der Waals surface area contributed by atoms with Gasteiger partial charge in [0.15, 0.2) is 0 Å². The predicted molar refractivity (Wildman–Crippen MR) is 77.5 cm³/mol. The summed E-state index contributed by atoms with van der Waals surface area (Å²) in [4.78, 5) is 11.4. The number of esters is 1. The molecule has 2 rings (SSSR count). The summed E-state index contributed by atoms with van der Waals surface area (Å²) < 4.78 is 4.66. The molecule has 2 aromatic rings. The van der Waals surface area contributed by atoms with Gasteiger partial charge in [0.25, 0.3) is 0 Å². The van der Waals surface area contributed by atoms with E-state index in [9.17, 15) is 9.90 Å². The van der Waals surface area contributed by atoms with Crippen LogP contribution in [0.25, 0.3) is 0 Å². The first-order valence-corrected chi connectivity index (χ1v) is 6.48. The molecule has 0 aliphatic rings. The van der Waals surface area contributed by atoms with Crippen LogP contribution in [0.5, 0.6) is 0 Å². The quantitative estimate of drug-likeness (QED) is 0.869. The summed E-state index contributed by atoms with van der Waals surface area (Å²) in [6, 6.07) is 16.7. The van der Waals surface area contributed by atoms with E-state index in [1.807, 2.05) is 30.3 Å². The molecule has 104 valence electrons. The standard InChI is InChI=1S/C17H18O3/c1-17(19,12-13-6-4-3-5-7-13)15-10-8-14(9-11-15)16(18)20-2/h3-11,19H,12H2,1-2H3. The van der Waals surface area contributed by atoms with Crippen LogP contribution in [0.1, 0.15) is 28.4 Å². The number of carbonyl (C=O) groups excluding carboxylic acids is 1. The van der Waals surface area contributed by atoms with E-state index in [0.29, 0.717) is 12.0 Å². The number of carbonyl (C=O) groups is 1. The third-order valence-electron chi connectivity index (χ3n) is 3.32. The molecular weight excluding hydrogens is 252 g/mol. The zero-order valence-electron chi connectivity index (χ0n) is 11.7. The van der Waals surface area contributed by atoms with Crippen LogP contribution in [0.4, 0.5) is 0 Å². The van der Waals surface area contributed by atoms with E-state index < -0.39 is 5.60 Å². The molecule has 0 heterocycles. The Balaban J connectivity index is 2.19. The summed E-state index contributed by atoms with van der Waals surface area (Å²) in [7, 11) is 1.35. The third-order valence-corrected chi connectivity index (χ3v) is 3.32. The van der Waals surface area contributed by atoms with Gasteiger partial charge < -0.3 is 9.84 Å². The first-order valence-electron chi connectivity index (χ1n) is 6.48. The van der Waals surface area contributed by atoms with E-state index in [1.54, 1.807) is 31.2 Å². The van der Waals surface area contributed by atoms with Crippen LogP contribution in [0.2, 0.25) is 0 Å². The van der Waals surface area contributed by atoms with Crippen molar-refractivity contribution in [2.24, 2.45) is 0 Å². The fourth-order valence-corrected chi connectivity index (χ4v) is 2.18. The van der Waals surface area contributed by atoms with Crippen molar-refractivity contribution in [2.75, 3.05) is 7.11 Å². The van der Waals surface area contributed by atoms with Crippen molar-refractivity contribution in [1.82, 2.24) is 0 Å². The summed E-state index contributed by atoms with van der Waals surface area (Å²) in [6.07, 6.45) is 0.519. The molecule has 0 fully saturated rings. The Kier molecular flexibility index (Phi) is 4.20. The van der Waals surface area contributed by atoms with Crippen molar-refractivity contribution in [3.05, 3.63) is 71.3 Å². The summed E-state index contributed by atoms with van der Waals surface area (Å²) in [6.45, 7) is 1.77. The maximum atomic E-state index is 11.4. The molecule has 0 saturated heterocycles. The van der Waals surface area contributed by atoms with Crippen LogP contribution >= 0.6 is 0 Å². The fourth-order valence-electron chi connectivity index (χ4n) is 2.18. The summed E-state index contributed by atoms with van der Waals surface area (Å²) >= 11 is 0. The first kappa shape index (κ1) is 14.3. The normalized spacial score (nSPS) is 13.6.